The largest absolute Gasteiger partial charge is 0.303 e. The molecule has 0 spiro atoms. The van der Waals surface area contributed by atoms with Crippen molar-refractivity contribution >= 4 is 0 Å². The summed E-state index contributed by atoms with van der Waals surface area (Å²) in [6.07, 6.45) is 6.20. The van der Waals surface area contributed by atoms with Crippen molar-refractivity contribution in [3.8, 4) is 6.07 Å². The minimum absolute atomic E-state index is 0.176. The van der Waals surface area contributed by atoms with E-state index in [1.807, 2.05) is 0 Å². The summed E-state index contributed by atoms with van der Waals surface area (Å²) in [6.45, 7) is 13.5. The van der Waals surface area contributed by atoms with E-state index in [0.29, 0.717) is 5.92 Å². The number of unbranched alkanes of at least 4 members (excludes halogenated alkanes) is 1. The topological polar surface area (TPSA) is 45.7 Å². The van der Waals surface area contributed by atoms with Gasteiger partial charge in [-0.25, -0.2) is 0 Å². The molecule has 3 unspecified atom stereocenters. The average molecular weight is 264 g/mol. The van der Waals surface area contributed by atoms with Gasteiger partial charge in [0.1, 0.15) is 0 Å². The molecular formula is C17H32N2. The van der Waals surface area contributed by atoms with E-state index in [1.54, 1.807) is 0 Å². The van der Waals surface area contributed by atoms with Crippen LogP contribution in [0.25, 0.3) is 0 Å². The lowest BCUT2D eigenvalue weighted by Gasteiger charge is -2.20. The molecule has 0 saturated carbocycles. The quantitative estimate of drug-likeness (QED) is 0.518. The zero-order chi connectivity index (χ0) is 14.7. The molecule has 0 aromatic carbocycles. The molecule has 0 aliphatic carbocycles. The fraction of sp³-hybridized carbons (Fsp3) is 0.941. The summed E-state index contributed by atoms with van der Waals surface area (Å²) in [5.74, 6) is 1.44. The Kier molecular flexibility index (Phi) is 5.44. The Labute approximate surface area is 120 Å². The standard InChI is InChI=1S/C17H32N2/c1-13(2)9-7-8-10-16(5)17(6,19-16)11-15(12-18)14(3)4/h13-15,19H,7-11H2,1-6H3. The lowest BCUT2D eigenvalue weighted by atomic mass is 9.81. The summed E-state index contributed by atoms with van der Waals surface area (Å²) >= 11 is 0. The summed E-state index contributed by atoms with van der Waals surface area (Å²) in [7, 11) is 0. The van der Waals surface area contributed by atoms with Gasteiger partial charge in [0.25, 0.3) is 0 Å². The predicted octanol–water partition coefficient (Wildman–Crippen LogP) is 4.51. The van der Waals surface area contributed by atoms with Crippen LogP contribution in [0.5, 0.6) is 0 Å². The summed E-state index contributed by atoms with van der Waals surface area (Å²) in [6, 6.07) is 2.48. The van der Waals surface area contributed by atoms with Gasteiger partial charge < -0.3 is 5.32 Å². The monoisotopic (exact) mass is 264 g/mol. The van der Waals surface area contributed by atoms with Crippen molar-refractivity contribution in [2.45, 2.75) is 84.7 Å². The van der Waals surface area contributed by atoms with Crippen LogP contribution in [0.4, 0.5) is 0 Å². The molecule has 0 aromatic rings. The molecule has 0 amide bonds. The third-order valence-electron chi connectivity index (χ3n) is 5.01. The molecule has 1 aliphatic heterocycles. The van der Waals surface area contributed by atoms with Crippen molar-refractivity contribution in [2.75, 3.05) is 0 Å². The van der Waals surface area contributed by atoms with Crippen molar-refractivity contribution in [1.82, 2.24) is 5.32 Å². The highest BCUT2D eigenvalue weighted by atomic mass is 15.3. The van der Waals surface area contributed by atoms with E-state index in [9.17, 15) is 5.26 Å². The van der Waals surface area contributed by atoms with Crippen LogP contribution in [0.15, 0.2) is 0 Å². The third kappa shape index (κ3) is 4.21. The van der Waals surface area contributed by atoms with Crippen LogP contribution in [0.3, 0.4) is 0 Å². The zero-order valence-electron chi connectivity index (χ0n) is 13.7. The van der Waals surface area contributed by atoms with Gasteiger partial charge in [-0.05, 0) is 38.5 Å². The smallest absolute Gasteiger partial charge is 0.0659 e. The minimum atomic E-state index is 0.176. The Morgan fingerprint density at radius 2 is 1.68 bits per heavy atom. The first-order valence-electron chi connectivity index (χ1n) is 7.93. The van der Waals surface area contributed by atoms with Crippen LogP contribution in [-0.2, 0) is 0 Å². The maximum atomic E-state index is 9.26. The molecule has 1 rings (SSSR count). The first kappa shape index (κ1) is 16.5. The predicted molar refractivity (Wildman–Crippen MR) is 81.8 cm³/mol. The van der Waals surface area contributed by atoms with Gasteiger partial charge in [-0.1, -0.05) is 47.0 Å². The van der Waals surface area contributed by atoms with E-state index in [4.69, 9.17) is 0 Å². The molecule has 3 atom stereocenters. The molecule has 1 fully saturated rings. The first-order chi connectivity index (χ1) is 8.74. The van der Waals surface area contributed by atoms with Crippen molar-refractivity contribution in [2.24, 2.45) is 17.8 Å². The molecular weight excluding hydrogens is 232 g/mol. The lowest BCUT2D eigenvalue weighted by molar-refractivity contribution is 0.372. The number of hydrogen-bond acceptors (Lipinski definition) is 2. The Balaban J connectivity index is 2.39. The normalized spacial score (nSPS) is 31.5. The first-order valence-corrected chi connectivity index (χ1v) is 7.93. The fourth-order valence-electron chi connectivity index (χ4n) is 3.09. The Hall–Kier alpha value is -0.550. The van der Waals surface area contributed by atoms with Crippen molar-refractivity contribution in [3.05, 3.63) is 0 Å². The van der Waals surface area contributed by atoms with E-state index in [2.05, 4.69) is 52.9 Å². The van der Waals surface area contributed by atoms with Gasteiger partial charge in [-0.15, -0.1) is 0 Å². The number of rotatable bonds is 8. The minimum Gasteiger partial charge on any atom is -0.303 e. The van der Waals surface area contributed by atoms with Crippen LogP contribution in [-0.4, -0.2) is 11.1 Å². The summed E-state index contributed by atoms with van der Waals surface area (Å²) in [4.78, 5) is 0. The molecule has 1 N–H and O–H groups in total. The molecule has 1 saturated heterocycles. The van der Waals surface area contributed by atoms with Gasteiger partial charge >= 0.3 is 0 Å². The molecule has 2 heteroatoms. The summed E-state index contributed by atoms with van der Waals surface area (Å²) in [5, 5.41) is 12.9. The van der Waals surface area contributed by atoms with E-state index in [-0.39, 0.29) is 17.0 Å². The third-order valence-corrected chi connectivity index (χ3v) is 5.01. The van der Waals surface area contributed by atoms with Crippen LogP contribution in [0.1, 0.15) is 73.6 Å². The number of hydrogen-bond donors (Lipinski definition) is 1. The molecule has 19 heavy (non-hydrogen) atoms. The molecule has 110 valence electrons. The SMILES string of the molecule is CC(C)CCCCC1(C)NC1(C)CC(C#N)C(C)C. The van der Waals surface area contributed by atoms with Crippen LogP contribution >= 0.6 is 0 Å². The summed E-state index contributed by atoms with van der Waals surface area (Å²) in [5.41, 5.74) is 0.434. The van der Waals surface area contributed by atoms with Gasteiger partial charge in [-0.2, -0.15) is 5.26 Å². The van der Waals surface area contributed by atoms with Gasteiger partial charge in [-0.3, -0.25) is 0 Å². The second-order valence-electron chi connectivity index (χ2n) is 7.61. The maximum absolute atomic E-state index is 9.26. The Bertz CT molecular complexity index is 329. The van der Waals surface area contributed by atoms with E-state index in [0.717, 1.165) is 12.3 Å². The lowest BCUT2D eigenvalue weighted by Crippen LogP contribution is -2.25. The molecule has 0 bridgehead atoms. The number of nitrogens with zero attached hydrogens (tertiary/aromatic N) is 1. The Morgan fingerprint density at radius 1 is 1.05 bits per heavy atom. The number of nitriles is 1. The number of nitrogens with one attached hydrogen (secondary N) is 1. The van der Waals surface area contributed by atoms with Crippen molar-refractivity contribution in [3.63, 3.8) is 0 Å². The van der Waals surface area contributed by atoms with Gasteiger partial charge in [0.05, 0.1) is 12.0 Å². The summed E-state index contributed by atoms with van der Waals surface area (Å²) < 4.78 is 0. The van der Waals surface area contributed by atoms with E-state index in [1.165, 1.54) is 25.7 Å². The molecule has 2 nitrogen and oxygen atoms in total. The zero-order valence-corrected chi connectivity index (χ0v) is 13.7. The second-order valence-corrected chi connectivity index (χ2v) is 7.61. The van der Waals surface area contributed by atoms with Crippen molar-refractivity contribution < 1.29 is 0 Å². The maximum Gasteiger partial charge on any atom is 0.0659 e. The van der Waals surface area contributed by atoms with Gasteiger partial charge in [0.2, 0.25) is 0 Å². The highest BCUT2D eigenvalue weighted by Gasteiger charge is 2.60. The highest BCUT2D eigenvalue weighted by Crippen LogP contribution is 2.47. The van der Waals surface area contributed by atoms with Crippen LogP contribution in [0.2, 0.25) is 0 Å². The average Bonchev–Trinajstić information content (AvgIpc) is 2.84. The van der Waals surface area contributed by atoms with Crippen LogP contribution in [0, 0.1) is 29.1 Å². The fourth-order valence-corrected chi connectivity index (χ4v) is 3.09. The molecule has 0 aromatic heterocycles. The highest BCUT2D eigenvalue weighted by molar-refractivity contribution is 5.23. The van der Waals surface area contributed by atoms with E-state index >= 15 is 0 Å². The molecule has 1 aliphatic rings. The molecule has 1 heterocycles. The van der Waals surface area contributed by atoms with Gasteiger partial charge in [0.15, 0.2) is 0 Å². The molecule has 0 radical (unpaired) electrons. The Morgan fingerprint density at radius 3 is 2.16 bits per heavy atom. The van der Waals surface area contributed by atoms with Crippen molar-refractivity contribution in [1.29, 1.82) is 5.26 Å². The van der Waals surface area contributed by atoms with Crippen LogP contribution < -0.4 is 5.32 Å². The second kappa shape index (κ2) is 6.27. The van der Waals surface area contributed by atoms with Gasteiger partial charge in [0, 0.05) is 11.1 Å². The van der Waals surface area contributed by atoms with E-state index < -0.39 is 0 Å².